The number of fused-ring (bicyclic) bond motifs is 1. The summed E-state index contributed by atoms with van der Waals surface area (Å²) < 4.78 is 0. The van der Waals surface area contributed by atoms with Crippen molar-refractivity contribution in [3.05, 3.63) is 16.2 Å². The van der Waals surface area contributed by atoms with Gasteiger partial charge in [0.15, 0.2) is 5.82 Å². The van der Waals surface area contributed by atoms with Crippen molar-refractivity contribution in [2.75, 3.05) is 23.9 Å². The van der Waals surface area contributed by atoms with Gasteiger partial charge in [0.1, 0.15) is 11.5 Å². The van der Waals surface area contributed by atoms with Crippen LogP contribution in [-0.4, -0.2) is 23.7 Å². The van der Waals surface area contributed by atoms with E-state index in [1.54, 1.807) is 0 Å². The average molecular weight is 208 g/mol. The van der Waals surface area contributed by atoms with E-state index in [0.29, 0.717) is 12.4 Å². The molecule has 0 saturated carbocycles. The maximum Gasteiger partial charge on any atom is 0.276 e. The predicted molar refractivity (Wildman–Crippen MR) is 60.4 cm³/mol. The number of rotatable bonds is 3. The molecule has 0 atom stereocenters. The van der Waals surface area contributed by atoms with Crippen molar-refractivity contribution >= 4 is 11.5 Å². The van der Waals surface area contributed by atoms with E-state index in [1.807, 2.05) is 11.9 Å². The number of anilines is 2. The fraction of sp³-hybridized carbons (Fsp3) is 0.600. The summed E-state index contributed by atoms with van der Waals surface area (Å²) in [4.78, 5) is 20.8. The van der Waals surface area contributed by atoms with E-state index in [0.717, 1.165) is 30.9 Å². The first-order valence-corrected chi connectivity index (χ1v) is 5.30. The Balaban J connectivity index is 2.33. The van der Waals surface area contributed by atoms with E-state index in [2.05, 4.69) is 22.2 Å². The Hall–Kier alpha value is -1.52. The van der Waals surface area contributed by atoms with Gasteiger partial charge >= 0.3 is 0 Å². The maximum atomic E-state index is 11.7. The van der Waals surface area contributed by atoms with Crippen molar-refractivity contribution in [2.45, 2.75) is 26.2 Å². The summed E-state index contributed by atoms with van der Waals surface area (Å²) in [6.07, 6.45) is 3.00. The average Bonchev–Trinajstić information content (AvgIpc) is 2.58. The van der Waals surface area contributed by atoms with Gasteiger partial charge in [-0.2, -0.15) is 0 Å². The van der Waals surface area contributed by atoms with Crippen LogP contribution in [0.1, 0.15) is 25.6 Å². The molecule has 1 aliphatic rings. The molecule has 2 rings (SSSR count). The molecule has 5 nitrogen and oxygen atoms in total. The fourth-order valence-corrected chi connectivity index (χ4v) is 1.68. The van der Waals surface area contributed by atoms with Crippen molar-refractivity contribution in [3.8, 4) is 0 Å². The smallest absolute Gasteiger partial charge is 0.276 e. The van der Waals surface area contributed by atoms with E-state index in [-0.39, 0.29) is 5.56 Å². The second-order valence-electron chi connectivity index (χ2n) is 3.85. The molecule has 1 aliphatic heterocycles. The lowest BCUT2D eigenvalue weighted by atomic mass is 10.2. The first kappa shape index (κ1) is 10.0. The summed E-state index contributed by atoms with van der Waals surface area (Å²) in [5.74, 6) is 1.56. The molecule has 0 aliphatic carbocycles. The zero-order chi connectivity index (χ0) is 10.8. The number of H-pyrrole nitrogens is 1. The van der Waals surface area contributed by atoms with Gasteiger partial charge in [-0.1, -0.05) is 13.3 Å². The molecule has 2 heterocycles. The Morgan fingerprint density at radius 1 is 1.53 bits per heavy atom. The summed E-state index contributed by atoms with van der Waals surface area (Å²) in [5, 5.41) is 3.02. The van der Waals surface area contributed by atoms with Crippen LogP contribution in [0.15, 0.2) is 4.79 Å². The third-order valence-electron chi connectivity index (χ3n) is 2.57. The van der Waals surface area contributed by atoms with Crippen molar-refractivity contribution in [3.63, 3.8) is 0 Å². The van der Waals surface area contributed by atoms with Gasteiger partial charge in [0.05, 0.1) is 6.67 Å². The summed E-state index contributed by atoms with van der Waals surface area (Å²) in [6.45, 7) is 2.78. The van der Waals surface area contributed by atoms with Crippen LogP contribution in [0, 0.1) is 0 Å². The molecule has 0 amide bonds. The van der Waals surface area contributed by atoms with E-state index in [9.17, 15) is 4.79 Å². The summed E-state index contributed by atoms with van der Waals surface area (Å²) in [5.41, 5.74) is 0.535. The largest absolute Gasteiger partial charge is 0.360 e. The minimum atomic E-state index is -0.0598. The van der Waals surface area contributed by atoms with E-state index < -0.39 is 0 Å². The topological polar surface area (TPSA) is 61.0 Å². The number of nitrogens with zero attached hydrogens (tertiary/aromatic N) is 2. The Labute approximate surface area is 88.5 Å². The molecule has 1 aromatic rings. The van der Waals surface area contributed by atoms with Gasteiger partial charge in [-0.25, -0.2) is 4.98 Å². The van der Waals surface area contributed by atoms with Crippen molar-refractivity contribution in [2.24, 2.45) is 0 Å². The lowest BCUT2D eigenvalue weighted by Gasteiger charge is -2.09. The molecule has 15 heavy (non-hydrogen) atoms. The zero-order valence-corrected chi connectivity index (χ0v) is 9.13. The van der Waals surface area contributed by atoms with Gasteiger partial charge in [-0.05, 0) is 6.42 Å². The van der Waals surface area contributed by atoms with Crippen LogP contribution >= 0.6 is 0 Å². The minimum Gasteiger partial charge on any atom is -0.360 e. The number of aromatic amines is 1. The standard InChI is InChI=1S/C10H16N4O/c1-3-4-5-7-12-9-8(10(15)13-7)11-6-14(9)2/h11H,3-6H2,1-2H3,(H,12,13,15). The number of aryl methyl sites for hydroxylation is 1. The first-order chi connectivity index (χ1) is 7.22. The Morgan fingerprint density at radius 3 is 3.07 bits per heavy atom. The molecule has 0 fully saturated rings. The molecule has 82 valence electrons. The van der Waals surface area contributed by atoms with Crippen molar-refractivity contribution in [1.82, 2.24) is 9.97 Å². The maximum absolute atomic E-state index is 11.7. The fourth-order valence-electron chi connectivity index (χ4n) is 1.68. The summed E-state index contributed by atoms with van der Waals surface area (Å²) >= 11 is 0. The van der Waals surface area contributed by atoms with Crippen LogP contribution in [0.25, 0.3) is 0 Å². The van der Waals surface area contributed by atoms with E-state index in [1.165, 1.54) is 0 Å². The molecule has 0 bridgehead atoms. The van der Waals surface area contributed by atoms with Crippen molar-refractivity contribution < 1.29 is 0 Å². The van der Waals surface area contributed by atoms with Crippen LogP contribution < -0.4 is 15.8 Å². The Kier molecular flexibility index (Phi) is 2.62. The van der Waals surface area contributed by atoms with E-state index in [4.69, 9.17) is 0 Å². The van der Waals surface area contributed by atoms with Crippen LogP contribution in [0.4, 0.5) is 11.5 Å². The summed E-state index contributed by atoms with van der Waals surface area (Å²) in [7, 11) is 1.93. The quantitative estimate of drug-likeness (QED) is 0.775. The number of hydrogen-bond donors (Lipinski definition) is 2. The molecular formula is C10H16N4O. The highest BCUT2D eigenvalue weighted by atomic mass is 16.1. The SMILES string of the molecule is CCCCc1nc2c(c(=O)[nH]1)NCN2C. The molecule has 2 N–H and O–H groups in total. The van der Waals surface area contributed by atoms with Crippen LogP contribution in [0.5, 0.6) is 0 Å². The van der Waals surface area contributed by atoms with Gasteiger partial charge in [0, 0.05) is 13.5 Å². The van der Waals surface area contributed by atoms with Crippen LogP contribution in [0.3, 0.4) is 0 Å². The van der Waals surface area contributed by atoms with E-state index >= 15 is 0 Å². The minimum absolute atomic E-state index is 0.0598. The van der Waals surface area contributed by atoms with Gasteiger partial charge in [-0.3, -0.25) is 4.79 Å². The Morgan fingerprint density at radius 2 is 2.33 bits per heavy atom. The predicted octanol–water partition coefficient (Wildman–Crippen LogP) is 0.932. The molecule has 0 radical (unpaired) electrons. The first-order valence-electron chi connectivity index (χ1n) is 5.30. The van der Waals surface area contributed by atoms with Gasteiger partial charge < -0.3 is 15.2 Å². The normalized spacial score (nSPS) is 13.9. The molecule has 1 aromatic heterocycles. The zero-order valence-electron chi connectivity index (χ0n) is 9.13. The highest BCUT2D eigenvalue weighted by molar-refractivity contribution is 5.69. The number of unbranched alkanes of at least 4 members (excludes halogenated alkanes) is 1. The number of hydrogen-bond acceptors (Lipinski definition) is 4. The third kappa shape index (κ3) is 1.82. The van der Waals surface area contributed by atoms with Crippen LogP contribution in [-0.2, 0) is 6.42 Å². The molecule has 0 saturated heterocycles. The van der Waals surface area contributed by atoms with Gasteiger partial charge in [-0.15, -0.1) is 0 Å². The highest BCUT2D eigenvalue weighted by Crippen LogP contribution is 2.23. The monoisotopic (exact) mass is 208 g/mol. The molecule has 0 spiro atoms. The third-order valence-corrected chi connectivity index (χ3v) is 2.57. The highest BCUT2D eigenvalue weighted by Gasteiger charge is 2.20. The second kappa shape index (κ2) is 3.92. The second-order valence-corrected chi connectivity index (χ2v) is 3.85. The lowest BCUT2D eigenvalue weighted by Crippen LogP contribution is -2.17. The van der Waals surface area contributed by atoms with Gasteiger partial charge in [0.25, 0.3) is 5.56 Å². The van der Waals surface area contributed by atoms with Crippen LogP contribution in [0.2, 0.25) is 0 Å². The van der Waals surface area contributed by atoms with Crippen molar-refractivity contribution in [1.29, 1.82) is 0 Å². The molecule has 0 aromatic carbocycles. The lowest BCUT2D eigenvalue weighted by molar-refractivity contribution is 0.748. The molecular weight excluding hydrogens is 192 g/mol. The molecule has 5 heteroatoms. The number of nitrogens with one attached hydrogen (secondary N) is 2. The molecule has 0 unspecified atom stereocenters. The number of aromatic nitrogens is 2. The van der Waals surface area contributed by atoms with Gasteiger partial charge in [0.2, 0.25) is 0 Å². The summed E-state index contributed by atoms with van der Waals surface area (Å²) in [6, 6.07) is 0. The Bertz CT molecular complexity index is 412.